The van der Waals surface area contributed by atoms with Crippen LogP contribution in [0.4, 0.5) is 0 Å². The summed E-state index contributed by atoms with van der Waals surface area (Å²) in [5, 5.41) is 0. The van der Waals surface area contributed by atoms with Gasteiger partial charge in [0.1, 0.15) is 11.4 Å². The van der Waals surface area contributed by atoms with Crippen molar-refractivity contribution < 1.29 is 4.74 Å². The monoisotopic (exact) mass is 237 g/mol. The van der Waals surface area contributed by atoms with Crippen LogP contribution in [0.25, 0.3) is 0 Å². The Morgan fingerprint density at radius 3 is 2.88 bits per heavy atom. The summed E-state index contributed by atoms with van der Waals surface area (Å²) < 4.78 is 5.30. The molecule has 17 heavy (non-hydrogen) atoms. The van der Waals surface area contributed by atoms with E-state index < -0.39 is 0 Å². The summed E-state index contributed by atoms with van der Waals surface area (Å²) in [5.41, 5.74) is 3.72. The maximum Gasteiger partial charge on any atom is 0.142 e. The second-order valence-electron chi connectivity index (χ2n) is 4.16. The molecule has 0 saturated heterocycles. The summed E-state index contributed by atoms with van der Waals surface area (Å²) >= 11 is 0. The van der Waals surface area contributed by atoms with Gasteiger partial charge in [0.25, 0.3) is 0 Å². The Kier molecular flexibility index (Phi) is 6.58. The number of unbranched alkanes of at least 4 members (excludes halogenated alkanes) is 3. The first-order chi connectivity index (χ1) is 8.33. The maximum absolute atomic E-state index is 5.60. The van der Waals surface area contributed by atoms with Gasteiger partial charge >= 0.3 is 0 Å². The lowest BCUT2D eigenvalue weighted by molar-refractivity contribution is 0.387. The Labute approximate surface area is 104 Å². The summed E-state index contributed by atoms with van der Waals surface area (Å²) in [6.07, 6.45) is 7.68. The quantitative estimate of drug-likeness (QED) is 0.414. The first-order valence-electron chi connectivity index (χ1n) is 6.28. The molecule has 0 aliphatic carbocycles. The Morgan fingerprint density at radius 2 is 2.24 bits per heavy atom. The molecular formula is C13H23N3O. The predicted molar refractivity (Wildman–Crippen MR) is 69.6 cm³/mol. The number of rotatable bonds is 8. The van der Waals surface area contributed by atoms with Crippen LogP contribution in [0.1, 0.15) is 50.8 Å². The van der Waals surface area contributed by atoms with Crippen molar-refractivity contribution in [3.8, 4) is 5.75 Å². The van der Waals surface area contributed by atoms with Crippen LogP contribution < -0.4 is 16.0 Å². The third-order valence-electron chi connectivity index (χ3n) is 2.90. The van der Waals surface area contributed by atoms with Crippen LogP contribution in [0.3, 0.4) is 0 Å². The average molecular weight is 237 g/mol. The fraction of sp³-hybridized carbons (Fsp3) is 0.615. The normalized spacial score (nSPS) is 12.4. The molecule has 4 nitrogen and oxygen atoms in total. The van der Waals surface area contributed by atoms with Crippen LogP contribution >= 0.6 is 0 Å². The van der Waals surface area contributed by atoms with Crippen molar-refractivity contribution in [3.05, 3.63) is 24.0 Å². The van der Waals surface area contributed by atoms with Gasteiger partial charge in [-0.3, -0.25) is 16.3 Å². The van der Waals surface area contributed by atoms with E-state index in [1.165, 1.54) is 19.3 Å². The van der Waals surface area contributed by atoms with Gasteiger partial charge in [-0.25, -0.2) is 0 Å². The van der Waals surface area contributed by atoms with E-state index in [1.54, 1.807) is 13.3 Å². The van der Waals surface area contributed by atoms with Crippen LogP contribution in [-0.2, 0) is 0 Å². The maximum atomic E-state index is 5.60. The van der Waals surface area contributed by atoms with E-state index in [9.17, 15) is 0 Å². The molecule has 4 heteroatoms. The van der Waals surface area contributed by atoms with Crippen molar-refractivity contribution in [1.29, 1.82) is 0 Å². The lowest BCUT2D eigenvalue weighted by Gasteiger charge is -2.17. The van der Waals surface area contributed by atoms with Crippen LogP contribution in [0, 0.1) is 0 Å². The number of hydrogen-bond donors (Lipinski definition) is 2. The van der Waals surface area contributed by atoms with Gasteiger partial charge < -0.3 is 4.74 Å². The van der Waals surface area contributed by atoms with E-state index in [0.29, 0.717) is 0 Å². The molecule has 0 fully saturated rings. The van der Waals surface area contributed by atoms with E-state index in [0.717, 1.165) is 24.3 Å². The van der Waals surface area contributed by atoms with Crippen molar-refractivity contribution in [1.82, 2.24) is 10.4 Å². The molecule has 0 bridgehead atoms. The number of methoxy groups -OCH3 is 1. The molecule has 0 spiro atoms. The van der Waals surface area contributed by atoms with Crippen molar-refractivity contribution in [2.24, 2.45) is 5.84 Å². The molecule has 0 aliphatic rings. The molecule has 1 atom stereocenters. The second-order valence-corrected chi connectivity index (χ2v) is 4.16. The average Bonchev–Trinajstić information content (AvgIpc) is 2.39. The third-order valence-corrected chi connectivity index (χ3v) is 2.90. The topological polar surface area (TPSA) is 60.2 Å². The largest absolute Gasteiger partial charge is 0.495 e. The number of hydrazine groups is 1. The van der Waals surface area contributed by atoms with Crippen LogP contribution in [0.15, 0.2) is 18.3 Å². The fourth-order valence-electron chi connectivity index (χ4n) is 1.91. The van der Waals surface area contributed by atoms with Crippen LogP contribution in [-0.4, -0.2) is 12.1 Å². The van der Waals surface area contributed by atoms with Gasteiger partial charge in [0, 0.05) is 6.20 Å². The highest BCUT2D eigenvalue weighted by atomic mass is 16.5. The first-order valence-corrected chi connectivity index (χ1v) is 6.28. The van der Waals surface area contributed by atoms with E-state index in [1.807, 2.05) is 12.1 Å². The van der Waals surface area contributed by atoms with E-state index in [4.69, 9.17) is 10.6 Å². The minimum absolute atomic E-state index is 0.0722. The predicted octanol–water partition coefficient (Wildman–Crippen LogP) is 2.57. The second kappa shape index (κ2) is 8.03. The summed E-state index contributed by atoms with van der Waals surface area (Å²) in [6, 6.07) is 3.86. The lowest BCUT2D eigenvalue weighted by Crippen LogP contribution is -2.29. The molecule has 96 valence electrons. The number of aromatic nitrogens is 1. The van der Waals surface area contributed by atoms with Gasteiger partial charge in [0.15, 0.2) is 0 Å². The van der Waals surface area contributed by atoms with Gasteiger partial charge in [0.05, 0.1) is 13.2 Å². The molecule has 3 N–H and O–H groups in total. The summed E-state index contributed by atoms with van der Waals surface area (Å²) in [7, 11) is 1.66. The van der Waals surface area contributed by atoms with Crippen molar-refractivity contribution in [3.63, 3.8) is 0 Å². The Bertz CT molecular complexity index is 317. The SMILES string of the molecule is CCCCCCC(NN)c1ncccc1OC. The zero-order chi connectivity index (χ0) is 12.5. The number of nitrogens with zero attached hydrogens (tertiary/aromatic N) is 1. The first kappa shape index (κ1) is 13.9. The van der Waals surface area contributed by atoms with Gasteiger partial charge in [-0.1, -0.05) is 32.6 Å². The molecule has 1 aromatic heterocycles. The van der Waals surface area contributed by atoms with E-state index >= 15 is 0 Å². The highest BCUT2D eigenvalue weighted by molar-refractivity contribution is 5.29. The summed E-state index contributed by atoms with van der Waals surface area (Å²) in [4.78, 5) is 4.35. The zero-order valence-electron chi connectivity index (χ0n) is 10.8. The van der Waals surface area contributed by atoms with Crippen LogP contribution in [0.2, 0.25) is 0 Å². The minimum atomic E-state index is 0.0722. The van der Waals surface area contributed by atoms with E-state index in [-0.39, 0.29) is 6.04 Å². The third kappa shape index (κ3) is 4.32. The number of pyridine rings is 1. The number of nitrogens with one attached hydrogen (secondary N) is 1. The molecule has 0 aliphatic heterocycles. The molecule has 1 unspecified atom stereocenters. The fourth-order valence-corrected chi connectivity index (χ4v) is 1.91. The number of ether oxygens (including phenoxy) is 1. The van der Waals surface area contributed by atoms with Crippen molar-refractivity contribution in [2.45, 2.75) is 45.1 Å². The molecule has 1 heterocycles. The number of hydrogen-bond acceptors (Lipinski definition) is 4. The molecular weight excluding hydrogens is 214 g/mol. The van der Waals surface area contributed by atoms with Gasteiger partial charge in [-0.15, -0.1) is 0 Å². The van der Waals surface area contributed by atoms with Crippen molar-refractivity contribution in [2.75, 3.05) is 7.11 Å². The van der Waals surface area contributed by atoms with Gasteiger partial charge in [-0.05, 0) is 18.6 Å². The zero-order valence-corrected chi connectivity index (χ0v) is 10.8. The summed E-state index contributed by atoms with van der Waals surface area (Å²) in [5.74, 6) is 6.39. The van der Waals surface area contributed by atoms with Gasteiger partial charge in [0.2, 0.25) is 0 Å². The molecule has 1 rings (SSSR count). The van der Waals surface area contributed by atoms with E-state index in [2.05, 4.69) is 17.3 Å². The van der Waals surface area contributed by atoms with Crippen LogP contribution in [0.5, 0.6) is 5.75 Å². The summed E-state index contributed by atoms with van der Waals surface area (Å²) in [6.45, 7) is 2.21. The highest BCUT2D eigenvalue weighted by Gasteiger charge is 2.15. The molecule has 0 aromatic carbocycles. The minimum Gasteiger partial charge on any atom is -0.495 e. The molecule has 0 amide bonds. The Morgan fingerprint density at radius 1 is 1.41 bits per heavy atom. The standard InChI is InChI=1S/C13H23N3O/c1-3-4-5-6-8-11(16-14)13-12(17-2)9-7-10-15-13/h7,9-11,16H,3-6,8,14H2,1-2H3. The Hall–Kier alpha value is -1.13. The lowest BCUT2D eigenvalue weighted by atomic mass is 10.0. The highest BCUT2D eigenvalue weighted by Crippen LogP contribution is 2.25. The molecule has 1 aromatic rings. The van der Waals surface area contributed by atoms with Gasteiger partial charge in [-0.2, -0.15) is 0 Å². The molecule has 0 radical (unpaired) electrons. The number of nitrogens with two attached hydrogens (primary N) is 1. The smallest absolute Gasteiger partial charge is 0.142 e. The van der Waals surface area contributed by atoms with Crippen molar-refractivity contribution >= 4 is 0 Å². The molecule has 0 saturated carbocycles. The Balaban J connectivity index is 2.59.